The van der Waals surface area contributed by atoms with Crippen LogP contribution >= 0.6 is 0 Å². The van der Waals surface area contributed by atoms with Gasteiger partial charge in [0.2, 0.25) is 5.91 Å². The third-order valence-corrected chi connectivity index (χ3v) is 6.35. The number of allylic oxidation sites excluding steroid dienone is 1. The van der Waals surface area contributed by atoms with E-state index in [2.05, 4.69) is 30.5 Å². The highest BCUT2D eigenvalue weighted by Crippen LogP contribution is 2.32. The van der Waals surface area contributed by atoms with E-state index in [9.17, 15) is 9.59 Å². The van der Waals surface area contributed by atoms with Gasteiger partial charge >= 0.3 is 0 Å². The lowest BCUT2D eigenvalue weighted by molar-refractivity contribution is -0.117. The van der Waals surface area contributed by atoms with Crippen molar-refractivity contribution in [2.45, 2.75) is 45.1 Å². The fraction of sp³-hybridized carbons (Fsp3) is 0.267. The molecule has 0 saturated heterocycles. The van der Waals surface area contributed by atoms with Crippen molar-refractivity contribution in [2.75, 3.05) is 12.4 Å². The summed E-state index contributed by atoms with van der Waals surface area (Å²) in [6.45, 7) is 6.24. The predicted molar refractivity (Wildman–Crippen MR) is 141 cm³/mol. The first kappa shape index (κ1) is 24.3. The molecule has 4 rings (SSSR count). The fourth-order valence-electron chi connectivity index (χ4n) is 4.57. The number of amides is 1. The van der Waals surface area contributed by atoms with Gasteiger partial charge in [0.05, 0.1) is 13.0 Å². The standard InChI is InChI=1S/C30H32N2O3/c1-5-25(20-9-7-6-8-10-20)29(34)31-23-14-11-21(12-15-23)28(33)18-27-26-17-24(35-4)16-13-22(26)19-30(2,3)32-27/h6-18,25,32H,5,19H2,1-4H3,(H,31,34)/b27-18-. The summed E-state index contributed by atoms with van der Waals surface area (Å²) in [7, 11) is 1.64. The first-order chi connectivity index (χ1) is 16.8. The molecular weight excluding hydrogens is 436 g/mol. The lowest BCUT2D eigenvalue weighted by Crippen LogP contribution is -2.43. The van der Waals surface area contributed by atoms with E-state index >= 15 is 0 Å². The molecule has 180 valence electrons. The van der Waals surface area contributed by atoms with Gasteiger partial charge in [-0.25, -0.2) is 0 Å². The average molecular weight is 469 g/mol. The summed E-state index contributed by atoms with van der Waals surface area (Å²) in [4.78, 5) is 26.0. The molecule has 2 N–H and O–H groups in total. The number of nitrogens with one attached hydrogen (secondary N) is 2. The Labute approximate surface area is 207 Å². The van der Waals surface area contributed by atoms with Gasteiger partial charge in [-0.3, -0.25) is 9.59 Å². The van der Waals surface area contributed by atoms with Gasteiger partial charge in [0, 0.05) is 34.1 Å². The SMILES string of the molecule is CCC(C(=O)Nc1ccc(C(=O)/C=C2\NC(C)(C)Cc3ccc(OC)cc32)cc1)c1ccccc1. The van der Waals surface area contributed by atoms with Gasteiger partial charge < -0.3 is 15.4 Å². The molecule has 0 aliphatic carbocycles. The van der Waals surface area contributed by atoms with Crippen LogP contribution in [0.15, 0.2) is 78.9 Å². The second-order valence-corrected chi connectivity index (χ2v) is 9.57. The molecule has 0 radical (unpaired) electrons. The van der Waals surface area contributed by atoms with Gasteiger partial charge in [0.15, 0.2) is 5.78 Å². The van der Waals surface area contributed by atoms with Crippen molar-refractivity contribution in [1.29, 1.82) is 0 Å². The minimum Gasteiger partial charge on any atom is -0.497 e. The number of carbonyl (C=O) groups excluding carboxylic acids is 2. The topological polar surface area (TPSA) is 67.4 Å². The monoisotopic (exact) mass is 468 g/mol. The van der Waals surface area contributed by atoms with Gasteiger partial charge in [-0.05, 0) is 74.2 Å². The molecule has 35 heavy (non-hydrogen) atoms. The van der Waals surface area contributed by atoms with Gasteiger partial charge in [0.25, 0.3) is 0 Å². The molecule has 1 atom stereocenters. The molecule has 0 bridgehead atoms. The molecular formula is C30H32N2O3. The summed E-state index contributed by atoms with van der Waals surface area (Å²) < 4.78 is 5.39. The Balaban J connectivity index is 1.52. The molecule has 5 nitrogen and oxygen atoms in total. The van der Waals surface area contributed by atoms with Crippen LogP contribution in [-0.4, -0.2) is 24.3 Å². The smallest absolute Gasteiger partial charge is 0.231 e. The Bertz CT molecular complexity index is 1240. The first-order valence-electron chi connectivity index (χ1n) is 12.0. The normalized spacial score (nSPS) is 16.1. The molecule has 1 heterocycles. The molecule has 1 unspecified atom stereocenters. The maximum Gasteiger partial charge on any atom is 0.231 e. The van der Waals surface area contributed by atoms with Crippen molar-refractivity contribution in [1.82, 2.24) is 5.32 Å². The molecule has 1 aliphatic rings. The van der Waals surface area contributed by atoms with Gasteiger partial charge in [0.1, 0.15) is 5.75 Å². The minimum absolute atomic E-state index is 0.0564. The second kappa shape index (κ2) is 10.2. The Morgan fingerprint density at radius 1 is 1.06 bits per heavy atom. The molecule has 1 aliphatic heterocycles. The van der Waals surface area contributed by atoms with Crippen LogP contribution in [0.25, 0.3) is 5.70 Å². The quantitative estimate of drug-likeness (QED) is 0.331. The largest absolute Gasteiger partial charge is 0.497 e. The average Bonchev–Trinajstić information content (AvgIpc) is 2.84. The molecule has 3 aromatic rings. The number of carbonyl (C=O) groups is 2. The molecule has 3 aromatic carbocycles. The predicted octanol–water partition coefficient (Wildman–Crippen LogP) is 5.98. The maximum atomic E-state index is 13.1. The van der Waals surface area contributed by atoms with E-state index in [1.54, 1.807) is 37.5 Å². The number of hydrogen-bond donors (Lipinski definition) is 2. The lowest BCUT2D eigenvalue weighted by atomic mass is 9.85. The van der Waals surface area contributed by atoms with Crippen LogP contribution in [0.5, 0.6) is 5.75 Å². The van der Waals surface area contributed by atoms with Gasteiger partial charge in [-0.1, -0.05) is 43.3 Å². The zero-order valence-electron chi connectivity index (χ0n) is 20.7. The Hall–Kier alpha value is -3.86. The third-order valence-electron chi connectivity index (χ3n) is 6.35. The number of benzene rings is 3. The Morgan fingerprint density at radius 2 is 1.77 bits per heavy atom. The highest BCUT2D eigenvalue weighted by atomic mass is 16.5. The first-order valence-corrected chi connectivity index (χ1v) is 12.0. The fourth-order valence-corrected chi connectivity index (χ4v) is 4.57. The van der Waals surface area contributed by atoms with Crippen LogP contribution in [0.2, 0.25) is 0 Å². The maximum absolute atomic E-state index is 13.1. The van der Waals surface area contributed by atoms with E-state index in [-0.39, 0.29) is 23.1 Å². The molecule has 0 saturated carbocycles. The zero-order valence-corrected chi connectivity index (χ0v) is 20.7. The minimum atomic E-state index is -0.222. The highest BCUT2D eigenvalue weighted by Gasteiger charge is 2.28. The van der Waals surface area contributed by atoms with Crippen LogP contribution in [0.3, 0.4) is 0 Å². The highest BCUT2D eigenvalue weighted by molar-refractivity contribution is 6.09. The van der Waals surface area contributed by atoms with Crippen LogP contribution in [-0.2, 0) is 11.2 Å². The van der Waals surface area contributed by atoms with Crippen molar-refractivity contribution in [3.8, 4) is 5.75 Å². The number of rotatable bonds is 7. The van der Waals surface area contributed by atoms with Gasteiger partial charge in [-0.15, -0.1) is 0 Å². The van der Waals surface area contributed by atoms with Crippen LogP contribution in [0.1, 0.15) is 60.2 Å². The van der Waals surface area contributed by atoms with Crippen LogP contribution in [0, 0.1) is 0 Å². The second-order valence-electron chi connectivity index (χ2n) is 9.57. The van der Waals surface area contributed by atoms with E-state index < -0.39 is 0 Å². The molecule has 0 aromatic heterocycles. The number of methoxy groups -OCH3 is 1. The number of ketones is 1. The molecule has 1 amide bonds. The summed E-state index contributed by atoms with van der Waals surface area (Å²) in [6.07, 6.45) is 3.21. The van der Waals surface area contributed by atoms with Crippen LogP contribution < -0.4 is 15.4 Å². The Morgan fingerprint density at radius 3 is 2.43 bits per heavy atom. The van der Waals surface area contributed by atoms with Crippen molar-refractivity contribution < 1.29 is 14.3 Å². The number of anilines is 1. The van der Waals surface area contributed by atoms with E-state index in [0.29, 0.717) is 17.7 Å². The summed E-state index contributed by atoms with van der Waals surface area (Å²) in [6, 6.07) is 22.8. The number of hydrogen-bond acceptors (Lipinski definition) is 4. The van der Waals surface area contributed by atoms with Crippen molar-refractivity contribution in [2.24, 2.45) is 0 Å². The number of fused-ring (bicyclic) bond motifs is 1. The lowest BCUT2D eigenvalue weighted by Gasteiger charge is -2.35. The van der Waals surface area contributed by atoms with Crippen molar-refractivity contribution in [3.63, 3.8) is 0 Å². The molecule has 0 fully saturated rings. The van der Waals surface area contributed by atoms with Gasteiger partial charge in [-0.2, -0.15) is 0 Å². The number of ether oxygens (including phenoxy) is 1. The van der Waals surface area contributed by atoms with Crippen molar-refractivity contribution in [3.05, 3.63) is 101 Å². The molecule has 5 heteroatoms. The Kier molecular flexibility index (Phi) is 7.06. The summed E-state index contributed by atoms with van der Waals surface area (Å²) in [5.41, 5.74) is 4.98. The summed E-state index contributed by atoms with van der Waals surface area (Å²) in [5.74, 6) is 0.372. The van der Waals surface area contributed by atoms with E-state index in [1.165, 1.54) is 5.56 Å². The third kappa shape index (κ3) is 5.62. The van der Waals surface area contributed by atoms with E-state index in [0.717, 1.165) is 29.0 Å². The summed E-state index contributed by atoms with van der Waals surface area (Å²) >= 11 is 0. The van der Waals surface area contributed by atoms with Crippen molar-refractivity contribution >= 4 is 23.1 Å². The molecule has 0 spiro atoms. The van der Waals surface area contributed by atoms with Crippen LogP contribution in [0.4, 0.5) is 5.69 Å². The van der Waals surface area contributed by atoms with E-state index in [1.807, 2.05) is 49.4 Å². The zero-order chi connectivity index (χ0) is 25.0. The summed E-state index contributed by atoms with van der Waals surface area (Å²) in [5, 5.41) is 6.48. The van der Waals surface area contributed by atoms with E-state index in [4.69, 9.17) is 4.74 Å².